The van der Waals surface area contributed by atoms with Crippen molar-refractivity contribution < 1.29 is 23.9 Å². The number of rotatable bonds is 9. The fraction of sp³-hybridized carbons (Fsp3) is 0.407. The van der Waals surface area contributed by atoms with Crippen LogP contribution in [0.1, 0.15) is 56.8 Å². The Balaban J connectivity index is 2.40. The quantitative estimate of drug-likeness (QED) is 0.489. The smallest absolute Gasteiger partial charge is 0.408 e. The van der Waals surface area contributed by atoms with E-state index in [2.05, 4.69) is 10.6 Å². The van der Waals surface area contributed by atoms with Crippen LogP contribution in [0.3, 0.4) is 0 Å². The summed E-state index contributed by atoms with van der Waals surface area (Å²) in [6.45, 7) is 8.91. The van der Waals surface area contributed by atoms with Gasteiger partial charge in [0.1, 0.15) is 17.7 Å². The number of para-hydroxylation sites is 1. The van der Waals surface area contributed by atoms with Crippen molar-refractivity contribution in [3.05, 3.63) is 65.2 Å². The molecule has 2 rings (SSSR count). The molecular formula is C27H36N4O5. The van der Waals surface area contributed by atoms with Gasteiger partial charge in [-0.2, -0.15) is 0 Å². The van der Waals surface area contributed by atoms with Crippen LogP contribution in [0.4, 0.5) is 10.5 Å². The molecule has 0 saturated heterocycles. The molecule has 0 aromatic heterocycles. The lowest BCUT2D eigenvalue weighted by molar-refractivity contribution is -0.140. The van der Waals surface area contributed by atoms with Crippen LogP contribution in [0.2, 0.25) is 0 Å². The molecule has 9 heteroatoms. The van der Waals surface area contributed by atoms with Gasteiger partial charge in [0.15, 0.2) is 0 Å². The van der Waals surface area contributed by atoms with Crippen LogP contribution in [-0.2, 0) is 25.5 Å². The number of primary amides is 1. The Labute approximate surface area is 212 Å². The predicted octanol–water partition coefficient (Wildman–Crippen LogP) is 3.46. The van der Waals surface area contributed by atoms with Gasteiger partial charge in [-0.3, -0.25) is 14.4 Å². The third-order valence-corrected chi connectivity index (χ3v) is 5.48. The Morgan fingerprint density at radius 1 is 1.03 bits per heavy atom. The zero-order valence-electron chi connectivity index (χ0n) is 21.8. The van der Waals surface area contributed by atoms with Gasteiger partial charge in [0.25, 0.3) is 5.91 Å². The number of benzene rings is 2. The summed E-state index contributed by atoms with van der Waals surface area (Å²) in [5.41, 5.74) is 7.65. The number of nitrogens with zero attached hydrogens (tertiary/aromatic N) is 1. The van der Waals surface area contributed by atoms with Crippen molar-refractivity contribution in [1.29, 1.82) is 0 Å². The van der Waals surface area contributed by atoms with Gasteiger partial charge in [-0.05, 0) is 56.9 Å². The summed E-state index contributed by atoms with van der Waals surface area (Å²) in [7, 11) is 1.45. The molecule has 4 N–H and O–H groups in total. The second-order valence-corrected chi connectivity index (χ2v) is 9.62. The van der Waals surface area contributed by atoms with E-state index < -0.39 is 47.9 Å². The molecule has 0 aliphatic rings. The number of hydrogen-bond acceptors (Lipinski definition) is 5. The van der Waals surface area contributed by atoms with E-state index in [-0.39, 0.29) is 0 Å². The second kappa shape index (κ2) is 12.2. The lowest BCUT2D eigenvalue weighted by Crippen LogP contribution is -2.52. The Morgan fingerprint density at radius 3 is 2.17 bits per heavy atom. The van der Waals surface area contributed by atoms with Crippen LogP contribution in [-0.4, -0.2) is 47.4 Å². The summed E-state index contributed by atoms with van der Waals surface area (Å²) < 4.78 is 5.24. The molecule has 2 aromatic rings. The zero-order valence-corrected chi connectivity index (χ0v) is 21.8. The molecular weight excluding hydrogens is 460 g/mol. The first kappa shape index (κ1) is 28.4. The van der Waals surface area contributed by atoms with Crippen LogP contribution < -0.4 is 16.4 Å². The first-order valence-electron chi connectivity index (χ1n) is 11.8. The van der Waals surface area contributed by atoms with Crippen LogP contribution in [0.15, 0.2) is 48.5 Å². The summed E-state index contributed by atoms with van der Waals surface area (Å²) >= 11 is 0. The maximum absolute atomic E-state index is 13.5. The van der Waals surface area contributed by atoms with Gasteiger partial charge in [0.2, 0.25) is 11.8 Å². The summed E-state index contributed by atoms with van der Waals surface area (Å²) in [5.74, 6) is -1.89. The van der Waals surface area contributed by atoms with Crippen LogP contribution >= 0.6 is 0 Å². The van der Waals surface area contributed by atoms with E-state index in [0.29, 0.717) is 11.3 Å². The summed E-state index contributed by atoms with van der Waals surface area (Å²) in [5, 5.41) is 5.31. The van der Waals surface area contributed by atoms with Gasteiger partial charge in [-0.15, -0.1) is 0 Å². The summed E-state index contributed by atoms with van der Waals surface area (Å²) in [4.78, 5) is 52.3. The Hall–Kier alpha value is -3.88. The summed E-state index contributed by atoms with van der Waals surface area (Å²) in [6.07, 6.45) is -0.512. The monoisotopic (exact) mass is 496 g/mol. The molecule has 36 heavy (non-hydrogen) atoms. The SMILES string of the molecule is CCc1ccc(C(C(=O)Nc2ccccc2C)N(C)C(=O)C(CC(N)=O)NC(=O)OC(C)(C)C)cc1. The largest absolute Gasteiger partial charge is 0.444 e. The third-order valence-electron chi connectivity index (χ3n) is 5.48. The van der Waals surface area contributed by atoms with Gasteiger partial charge in [-0.1, -0.05) is 49.4 Å². The molecule has 0 aliphatic carbocycles. The number of carbonyl (C=O) groups excluding carboxylic acids is 4. The lowest BCUT2D eigenvalue weighted by Gasteiger charge is -2.31. The molecule has 4 amide bonds. The molecule has 0 heterocycles. The van der Waals surface area contributed by atoms with Crippen LogP contribution in [0.5, 0.6) is 0 Å². The Kier molecular flexibility index (Phi) is 9.60. The van der Waals surface area contributed by atoms with Crippen molar-refractivity contribution in [3.63, 3.8) is 0 Å². The van der Waals surface area contributed by atoms with Crippen LogP contribution in [0, 0.1) is 6.92 Å². The zero-order chi connectivity index (χ0) is 27.0. The highest BCUT2D eigenvalue weighted by Gasteiger charge is 2.35. The molecule has 2 unspecified atom stereocenters. The maximum atomic E-state index is 13.5. The van der Waals surface area contributed by atoms with Gasteiger partial charge < -0.3 is 26.0 Å². The van der Waals surface area contributed by atoms with Crippen molar-refractivity contribution in [1.82, 2.24) is 10.2 Å². The van der Waals surface area contributed by atoms with Gasteiger partial charge >= 0.3 is 6.09 Å². The first-order chi connectivity index (χ1) is 16.8. The van der Waals surface area contributed by atoms with Crippen molar-refractivity contribution >= 4 is 29.5 Å². The second-order valence-electron chi connectivity index (χ2n) is 9.62. The lowest BCUT2D eigenvalue weighted by atomic mass is 10.0. The average molecular weight is 497 g/mol. The molecule has 2 atom stereocenters. The minimum Gasteiger partial charge on any atom is -0.444 e. The number of alkyl carbamates (subject to hydrolysis) is 1. The molecule has 194 valence electrons. The first-order valence-corrected chi connectivity index (χ1v) is 11.8. The predicted molar refractivity (Wildman–Crippen MR) is 138 cm³/mol. The molecule has 0 bridgehead atoms. The topological polar surface area (TPSA) is 131 Å². The fourth-order valence-corrected chi connectivity index (χ4v) is 3.62. The molecule has 0 radical (unpaired) electrons. The van der Waals surface area contributed by atoms with Gasteiger partial charge in [-0.25, -0.2) is 4.79 Å². The number of likely N-dealkylation sites (N-methyl/N-ethyl adjacent to an activating group) is 1. The number of nitrogens with two attached hydrogens (primary N) is 1. The molecule has 0 spiro atoms. The van der Waals surface area contributed by atoms with Crippen LogP contribution in [0.25, 0.3) is 0 Å². The highest BCUT2D eigenvalue weighted by molar-refractivity contribution is 6.00. The standard InChI is InChI=1S/C27H36N4O5/c1-7-18-12-14-19(15-13-18)23(24(33)29-20-11-9-8-10-17(20)2)31(6)25(34)21(16-22(28)32)30-26(35)36-27(3,4)5/h8-15,21,23H,7,16H2,1-6H3,(H2,28,32)(H,29,33)(H,30,35). The van der Waals surface area contributed by atoms with E-state index >= 15 is 0 Å². The van der Waals surface area contributed by atoms with E-state index in [9.17, 15) is 19.2 Å². The van der Waals surface area contributed by atoms with Crippen molar-refractivity contribution in [2.24, 2.45) is 5.73 Å². The Bertz CT molecular complexity index is 1090. The highest BCUT2D eigenvalue weighted by Crippen LogP contribution is 2.25. The van der Waals surface area contributed by atoms with E-state index in [1.165, 1.54) is 11.9 Å². The minimum absolute atomic E-state index is 0.445. The highest BCUT2D eigenvalue weighted by atomic mass is 16.6. The van der Waals surface area contributed by atoms with Gasteiger partial charge in [0, 0.05) is 12.7 Å². The fourth-order valence-electron chi connectivity index (χ4n) is 3.62. The molecule has 2 aromatic carbocycles. The number of ether oxygens (including phenoxy) is 1. The molecule has 0 saturated carbocycles. The van der Waals surface area contributed by atoms with Crippen molar-refractivity contribution in [2.75, 3.05) is 12.4 Å². The molecule has 0 fully saturated rings. The third kappa shape index (κ3) is 8.11. The number of amides is 4. The van der Waals surface area contributed by atoms with E-state index in [0.717, 1.165) is 17.5 Å². The Morgan fingerprint density at radius 2 is 1.64 bits per heavy atom. The van der Waals surface area contributed by atoms with Crippen molar-refractivity contribution in [2.45, 2.75) is 65.1 Å². The van der Waals surface area contributed by atoms with E-state index in [1.54, 1.807) is 45.0 Å². The minimum atomic E-state index is -1.31. The number of anilines is 1. The van der Waals surface area contributed by atoms with E-state index in [4.69, 9.17) is 10.5 Å². The normalized spacial score (nSPS) is 12.7. The average Bonchev–Trinajstić information content (AvgIpc) is 2.78. The molecule has 0 aliphatic heterocycles. The summed E-state index contributed by atoms with van der Waals surface area (Å²) in [6, 6.07) is 12.3. The van der Waals surface area contributed by atoms with Crippen molar-refractivity contribution in [3.8, 4) is 0 Å². The maximum Gasteiger partial charge on any atom is 0.408 e. The van der Waals surface area contributed by atoms with E-state index in [1.807, 2.05) is 38.1 Å². The molecule has 9 nitrogen and oxygen atoms in total. The number of carbonyl (C=O) groups is 4. The number of hydrogen-bond donors (Lipinski definition) is 3. The number of nitrogens with one attached hydrogen (secondary N) is 2. The van der Waals surface area contributed by atoms with Gasteiger partial charge in [0.05, 0.1) is 6.42 Å². The number of aryl methyl sites for hydroxylation is 2.